The number of hydrogen-bond acceptors (Lipinski definition) is 1. The Hall–Kier alpha value is -2.42. The monoisotopic (exact) mass is 380 g/mol. The number of rotatable bonds is 4. The van der Waals surface area contributed by atoms with Crippen molar-refractivity contribution in [2.75, 3.05) is 7.11 Å². The van der Waals surface area contributed by atoms with Crippen molar-refractivity contribution in [3.63, 3.8) is 0 Å². The van der Waals surface area contributed by atoms with E-state index in [1.54, 1.807) is 12.1 Å². The Balaban J connectivity index is 1.66. The van der Waals surface area contributed by atoms with Crippen LogP contribution in [0, 0.1) is 17.6 Å². The molecule has 0 radical (unpaired) electrons. The van der Waals surface area contributed by atoms with E-state index in [-0.39, 0.29) is 11.6 Å². The molecule has 1 nitrogen and oxygen atoms in total. The molecule has 3 heteroatoms. The highest BCUT2D eigenvalue weighted by atomic mass is 19.1. The second kappa shape index (κ2) is 7.90. The third-order valence-corrected chi connectivity index (χ3v) is 6.34. The molecular weight excluding hydrogens is 354 g/mol. The predicted octanol–water partition coefficient (Wildman–Crippen LogP) is 7.48. The van der Waals surface area contributed by atoms with Crippen molar-refractivity contribution in [3.05, 3.63) is 65.7 Å². The zero-order valence-corrected chi connectivity index (χ0v) is 16.5. The zero-order chi connectivity index (χ0) is 19.7. The summed E-state index contributed by atoms with van der Waals surface area (Å²) >= 11 is 0. The molecule has 0 atom stereocenters. The Bertz CT molecular complexity index is 987. The first-order chi connectivity index (χ1) is 13.6. The van der Waals surface area contributed by atoms with Gasteiger partial charge in [-0.15, -0.1) is 0 Å². The molecule has 28 heavy (non-hydrogen) atoms. The number of benzene rings is 3. The molecular formula is C25H26F2O. The van der Waals surface area contributed by atoms with Crippen molar-refractivity contribution in [2.24, 2.45) is 5.92 Å². The molecule has 1 aliphatic carbocycles. The van der Waals surface area contributed by atoms with Crippen molar-refractivity contribution in [1.29, 1.82) is 0 Å². The van der Waals surface area contributed by atoms with Crippen LogP contribution in [-0.2, 0) is 0 Å². The minimum absolute atomic E-state index is 0.160. The molecule has 0 heterocycles. The zero-order valence-electron chi connectivity index (χ0n) is 16.5. The van der Waals surface area contributed by atoms with Gasteiger partial charge in [0, 0.05) is 10.9 Å². The highest BCUT2D eigenvalue weighted by Gasteiger charge is 2.22. The van der Waals surface area contributed by atoms with E-state index in [0.29, 0.717) is 22.4 Å². The van der Waals surface area contributed by atoms with Gasteiger partial charge in [-0.25, -0.2) is 8.78 Å². The van der Waals surface area contributed by atoms with Crippen LogP contribution < -0.4 is 4.74 Å². The lowest BCUT2D eigenvalue weighted by Gasteiger charge is -2.28. The van der Waals surface area contributed by atoms with E-state index in [2.05, 4.69) is 19.1 Å². The van der Waals surface area contributed by atoms with Gasteiger partial charge in [-0.1, -0.05) is 49.7 Å². The van der Waals surface area contributed by atoms with Crippen molar-refractivity contribution in [1.82, 2.24) is 0 Å². The average Bonchev–Trinajstić information content (AvgIpc) is 2.74. The molecule has 1 saturated carbocycles. The second-order valence-electron chi connectivity index (χ2n) is 7.88. The molecule has 3 aromatic rings. The number of halogens is 2. The number of hydrogen-bond donors (Lipinski definition) is 0. The summed E-state index contributed by atoms with van der Waals surface area (Å²) in [5.41, 5.74) is 2.23. The third-order valence-electron chi connectivity index (χ3n) is 6.34. The van der Waals surface area contributed by atoms with Crippen LogP contribution in [0.4, 0.5) is 8.78 Å². The number of methoxy groups -OCH3 is 1. The van der Waals surface area contributed by atoms with Gasteiger partial charge in [-0.05, 0) is 66.2 Å². The maximum atomic E-state index is 15.2. The molecule has 1 fully saturated rings. The van der Waals surface area contributed by atoms with Crippen molar-refractivity contribution in [2.45, 2.75) is 44.9 Å². The van der Waals surface area contributed by atoms with E-state index in [1.807, 2.05) is 12.1 Å². The summed E-state index contributed by atoms with van der Waals surface area (Å²) < 4.78 is 34.2. The highest BCUT2D eigenvalue weighted by molar-refractivity contribution is 5.89. The van der Waals surface area contributed by atoms with Gasteiger partial charge < -0.3 is 4.74 Å². The fourth-order valence-electron chi connectivity index (χ4n) is 4.53. The summed E-state index contributed by atoms with van der Waals surface area (Å²) in [5.74, 6) is 0.806. The van der Waals surface area contributed by atoms with Crippen LogP contribution in [-0.4, -0.2) is 7.11 Å². The van der Waals surface area contributed by atoms with E-state index in [1.165, 1.54) is 56.9 Å². The van der Waals surface area contributed by atoms with Gasteiger partial charge in [0.25, 0.3) is 0 Å². The average molecular weight is 380 g/mol. The Morgan fingerprint density at radius 3 is 2.39 bits per heavy atom. The lowest BCUT2D eigenvalue weighted by molar-refractivity contribution is 0.319. The maximum absolute atomic E-state index is 15.2. The van der Waals surface area contributed by atoms with Crippen LogP contribution in [0.15, 0.2) is 48.5 Å². The molecule has 0 spiro atoms. The maximum Gasteiger partial charge on any atom is 0.165 e. The first kappa shape index (κ1) is 18.9. The molecule has 0 unspecified atom stereocenters. The molecule has 0 aromatic heterocycles. The van der Waals surface area contributed by atoms with Crippen LogP contribution in [0.3, 0.4) is 0 Å². The van der Waals surface area contributed by atoms with Gasteiger partial charge in [0.1, 0.15) is 5.82 Å². The quantitative estimate of drug-likeness (QED) is 0.456. The Kier molecular flexibility index (Phi) is 5.34. The first-order valence-corrected chi connectivity index (χ1v) is 10.2. The van der Waals surface area contributed by atoms with Crippen LogP contribution in [0.1, 0.15) is 50.5 Å². The van der Waals surface area contributed by atoms with Crippen molar-refractivity contribution < 1.29 is 13.5 Å². The summed E-state index contributed by atoms with van der Waals surface area (Å²) in [6.45, 7) is 2.27. The van der Waals surface area contributed by atoms with Gasteiger partial charge >= 0.3 is 0 Å². The number of ether oxygens (including phenoxy) is 1. The molecule has 0 N–H and O–H groups in total. The second-order valence-corrected chi connectivity index (χ2v) is 7.88. The molecule has 0 saturated heterocycles. The highest BCUT2D eigenvalue weighted by Crippen LogP contribution is 2.39. The molecule has 1 aliphatic rings. The van der Waals surface area contributed by atoms with E-state index in [9.17, 15) is 4.39 Å². The molecule has 0 bridgehead atoms. The first-order valence-electron chi connectivity index (χ1n) is 10.2. The molecule has 4 rings (SSSR count). The van der Waals surface area contributed by atoms with Crippen LogP contribution >= 0.6 is 0 Å². The van der Waals surface area contributed by atoms with E-state index in [0.717, 1.165) is 11.3 Å². The van der Waals surface area contributed by atoms with Crippen LogP contribution in [0.25, 0.3) is 21.9 Å². The fourth-order valence-corrected chi connectivity index (χ4v) is 4.53. The van der Waals surface area contributed by atoms with Crippen molar-refractivity contribution >= 4 is 10.8 Å². The number of fused-ring (bicyclic) bond motifs is 1. The third kappa shape index (κ3) is 3.50. The minimum Gasteiger partial charge on any atom is -0.494 e. The standard InChI is InChI=1S/C25H26F2O/c1-3-16-4-6-17(7-5-16)18-8-11-21-19(14-18)9-12-22(25(21)27)20-10-13-24(28-2)23(26)15-20/h8-17H,3-7H2,1-2H3. The van der Waals surface area contributed by atoms with Gasteiger partial charge in [0.05, 0.1) is 7.11 Å². The lowest BCUT2D eigenvalue weighted by Crippen LogP contribution is -2.12. The van der Waals surface area contributed by atoms with Gasteiger partial charge in [0.2, 0.25) is 0 Å². The lowest BCUT2D eigenvalue weighted by atomic mass is 9.77. The minimum atomic E-state index is -0.488. The SMILES string of the molecule is CCC1CCC(c2ccc3c(F)c(-c4ccc(OC)c(F)c4)ccc3c2)CC1. The summed E-state index contributed by atoms with van der Waals surface area (Å²) in [6.07, 6.45) is 6.28. The van der Waals surface area contributed by atoms with Crippen LogP contribution in [0.2, 0.25) is 0 Å². The summed E-state index contributed by atoms with van der Waals surface area (Å²) in [4.78, 5) is 0. The predicted molar refractivity (Wildman–Crippen MR) is 111 cm³/mol. The van der Waals surface area contributed by atoms with E-state index in [4.69, 9.17) is 4.74 Å². The van der Waals surface area contributed by atoms with Crippen LogP contribution in [0.5, 0.6) is 5.75 Å². The Labute approximate surface area is 165 Å². The van der Waals surface area contributed by atoms with Gasteiger partial charge in [-0.3, -0.25) is 0 Å². The summed E-state index contributed by atoms with van der Waals surface area (Å²) in [5, 5.41) is 1.49. The fraction of sp³-hybridized carbons (Fsp3) is 0.360. The molecule has 3 aromatic carbocycles. The molecule has 146 valence electrons. The summed E-state index contributed by atoms with van der Waals surface area (Å²) in [6, 6.07) is 14.3. The van der Waals surface area contributed by atoms with Gasteiger partial charge in [-0.2, -0.15) is 0 Å². The Morgan fingerprint density at radius 2 is 1.71 bits per heavy atom. The molecule has 0 aliphatic heterocycles. The van der Waals surface area contributed by atoms with E-state index < -0.39 is 5.82 Å². The van der Waals surface area contributed by atoms with Gasteiger partial charge in [0.15, 0.2) is 11.6 Å². The normalized spacial score (nSPS) is 19.7. The topological polar surface area (TPSA) is 9.23 Å². The Morgan fingerprint density at radius 1 is 0.929 bits per heavy atom. The van der Waals surface area contributed by atoms with Crippen molar-refractivity contribution in [3.8, 4) is 16.9 Å². The summed E-state index contributed by atoms with van der Waals surface area (Å²) in [7, 11) is 1.42. The van der Waals surface area contributed by atoms with E-state index >= 15 is 4.39 Å². The smallest absolute Gasteiger partial charge is 0.165 e. The largest absolute Gasteiger partial charge is 0.494 e. The molecule has 0 amide bonds.